The van der Waals surface area contributed by atoms with E-state index < -0.39 is 5.82 Å². The molecule has 122 valence electrons. The predicted octanol–water partition coefficient (Wildman–Crippen LogP) is 2.21. The lowest BCUT2D eigenvalue weighted by molar-refractivity contribution is -0.130. The fourth-order valence-corrected chi connectivity index (χ4v) is 2.09. The number of nitrogens with one attached hydrogen (secondary N) is 1. The number of carbonyl (C=O) groups is 2. The quantitative estimate of drug-likeness (QED) is 0.749. The van der Waals surface area contributed by atoms with Crippen molar-refractivity contribution in [2.75, 3.05) is 26.7 Å². The number of methoxy groups -OCH3 is 1. The lowest BCUT2D eigenvalue weighted by atomic mass is 10.2. The number of halogens is 1. The number of hydrogen-bond acceptors (Lipinski definition) is 3. The van der Waals surface area contributed by atoms with Gasteiger partial charge in [-0.05, 0) is 38.5 Å². The Morgan fingerprint density at radius 3 is 2.50 bits per heavy atom. The molecule has 1 aromatic carbocycles. The molecule has 0 radical (unpaired) electrons. The number of hydrogen-bond donors (Lipinski definition) is 1. The van der Waals surface area contributed by atoms with Crippen molar-refractivity contribution in [3.05, 3.63) is 29.6 Å². The molecule has 0 bridgehead atoms. The Morgan fingerprint density at radius 1 is 1.27 bits per heavy atom. The first-order valence-electron chi connectivity index (χ1n) is 7.43. The highest BCUT2D eigenvalue weighted by molar-refractivity contribution is 5.94. The molecule has 5 nitrogen and oxygen atoms in total. The number of ether oxygens (including phenoxy) is 1. The minimum absolute atomic E-state index is 0.0785. The molecule has 0 atom stereocenters. The molecule has 0 aliphatic rings. The van der Waals surface area contributed by atoms with Crippen molar-refractivity contribution >= 4 is 11.8 Å². The van der Waals surface area contributed by atoms with Crippen molar-refractivity contribution in [2.45, 2.75) is 26.7 Å². The molecular formula is C16H23FN2O3. The fourth-order valence-electron chi connectivity index (χ4n) is 2.09. The lowest BCUT2D eigenvalue weighted by Gasteiger charge is -2.18. The third kappa shape index (κ3) is 5.02. The third-order valence-electron chi connectivity index (χ3n) is 3.38. The molecule has 1 N–H and O–H groups in total. The lowest BCUT2D eigenvalue weighted by Crippen LogP contribution is -2.31. The van der Waals surface area contributed by atoms with Crippen LogP contribution in [0.4, 0.5) is 4.39 Å². The standard InChI is InChI=1S/C16H23FN2O3/c1-4-19(5-2)15(20)7-6-10-18-16(21)12-8-9-14(22-3)13(17)11-12/h8-9,11H,4-7,10H2,1-3H3,(H,18,21). The first-order chi connectivity index (χ1) is 10.5. The van der Waals surface area contributed by atoms with Gasteiger partial charge in [0, 0.05) is 31.6 Å². The Bertz CT molecular complexity index is 516. The third-order valence-corrected chi connectivity index (χ3v) is 3.38. The summed E-state index contributed by atoms with van der Waals surface area (Å²) < 4.78 is 18.3. The average Bonchev–Trinajstić information content (AvgIpc) is 2.52. The second kappa shape index (κ2) is 9.02. The molecule has 2 amide bonds. The van der Waals surface area contributed by atoms with Crippen LogP contribution >= 0.6 is 0 Å². The molecule has 0 aliphatic carbocycles. The Balaban J connectivity index is 2.40. The summed E-state index contributed by atoms with van der Waals surface area (Å²) in [5.74, 6) is -0.764. The van der Waals surface area contributed by atoms with Crippen LogP contribution < -0.4 is 10.1 Å². The normalized spacial score (nSPS) is 10.2. The summed E-state index contributed by atoms with van der Waals surface area (Å²) in [4.78, 5) is 25.4. The fraction of sp³-hybridized carbons (Fsp3) is 0.500. The molecule has 0 aliphatic heterocycles. The van der Waals surface area contributed by atoms with Gasteiger partial charge in [-0.15, -0.1) is 0 Å². The summed E-state index contributed by atoms with van der Waals surface area (Å²) in [6, 6.07) is 4.04. The van der Waals surface area contributed by atoms with Crippen molar-refractivity contribution < 1.29 is 18.7 Å². The number of carbonyl (C=O) groups excluding carboxylic acids is 2. The molecular weight excluding hydrogens is 287 g/mol. The Labute approximate surface area is 130 Å². The Morgan fingerprint density at radius 2 is 1.95 bits per heavy atom. The van der Waals surface area contributed by atoms with Crippen molar-refractivity contribution in [1.29, 1.82) is 0 Å². The van der Waals surface area contributed by atoms with E-state index in [9.17, 15) is 14.0 Å². The van der Waals surface area contributed by atoms with E-state index >= 15 is 0 Å². The zero-order valence-electron chi connectivity index (χ0n) is 13.3. The summed E-state index contributed by atoms with van der Waals surface area (Å²) in [6.07, 6.45) is 0.943. The first-order valence-corrected chi connectivity index (χ1v) is 7.43. The minimum Gasteiger partial charge on any atom is -0.494 e. The molecule has 6 heteroatoms. The molecule has 0 aromatic heterocycles. The minimum atomic E-state index is -0.577. The molecule has 0 unspecified atom stereocenters. The zero-order chi connectivity index (χ0) is 16.5. The topological polar surface area (TPSA) is 58.6 Å². The second-order valence-corrected chi connectivity index (χ2v) is 4.77. The van der Waals surface area contributed by atoms with E-state index in [4.69, 9.17) is 4.74 Å². The van der Waals surface area contributed by atoms with Crippen molar-refractivity contribution in [3.8, 4) is 5.75 Å². The van der Waals surface area contributed by atoms with Gasteiger partial charge in [0.2, 0.25) is 5.91 Å². The van der Waals surface area contributed by atoms with Gasteiger partial charge in [-0.3, -0.25) is 9.59 Å². The molecule has 22 heavy (non-hydrogen) atoms. The monoisotopic (exact) mass is 310 g/mol. The van der Waals surface area contributed by atoms with Gasteiger partial charge >= 0.3 is 0 Å². The van der Waals surface area contributed by atoms with E-state index in [1.165, 1.54) is 19.2 Å². The predicted molar refractivity (Wildman–Crippen MR) is 82.4 cm³/mol. The van der Waals surface area contributed by atoms with Crippen LogP contribution in [0.25, 0.3) is 0 Å². The van der Waals surface area contributed by atoms with Crippen LogP contribution in [-0.2, 0) is 4.79 Å². The molecule has 0 spiro atoms. The molecule has 0 saturated heterocycles. The smallest absolute Gasteiger partial charge is 0.251 e. The summed E-state index contributed by atoms with van der Waals surface area (Å²) >= 11 is 0. The van der Waals surface area contributed by atoms with Crippen molar-refractivity contribution in [2.24, 2.45) is 0 Å². The highest BCUT2D eigenvalue weighted by Gasteiger charge is 2.11. The van der Waals surface area contributed by atoms with Gasteiger partial charge in [0.1, 0.15) is 0 Å². The maximum Gasteiger partial charge on any atom is 0.251 e. The van der Waals surface area contributed by atoms with E-state index in [0.717, 1.165) is 6.07 Å². The van der Waals surface area contributed by atoms with Crippen LogP contribution in [0.15, 0.2) is 18.2 Å². The highest BCUT2D eigenvalue weighted by atomic mass is 19.1. The highest BCUT2D eigenvalue weighted by Crippen LogP contribution is 2.17. The van der Waals surface area contributed by atoms with Crippen LogP contribution in [-0.4, -0.2) is 43.5 Å². The van der Waals surface area contributed by atoms with Crippen LogP contribution in [0, 0.1) is 5.82 Å². The van der Waals surface area contributed by atoms with Gasteiger partial charge in [0.05, 0.1) is 7.11 Å². The number of nitrogens with zero attached hydrogens (tertiary/aromatic N) is 1. The molecule has 0 fully saturated rings. The van der Waals surface area contributed by atoms with Crippen LogP contribution in [0.2, 0.25) is 0 Å². The van der Waals surface area contributed by atoms with E-state index in [1.807, 2.05) is 13.8 Å². The van der Waals surface area contributed by atoms with Gasteiger partial charge in [0.25, 0.3) is 5.91 Å². The van der Waals surface area contributed by atoms with E-state index in [2.05, 4.69) is 5.32 Å². The van der Waals surface area contributed by atoms with E-state index in [-0.39, 0.29) is 23.1 Å². The van der Waals surface area contributed by atoms with Crippen molar-refractivity contribution in [1.82, 2.24) is 10.2 Å². The van der Waals surface area contributed by atoms with Crippen LogP contribution in [0.1, 0.15) is 37.0 Å². The van der Waals surface area contributed by atoms with Gasteiger partial charge in [0.15, 0.2) is 11.6 Å². The maximum absolute atomic E-state index is 13.5. The molecule has 0 saturated carbocycles. The van der Waals surface area contributed by atoms with Crippen molar-refractivity contribution in [3.63, 3.8) is 0 Å². The van der Waals surface area contributed by atoms with Gasteiger partial charge in [-0.1, -0.05) is 0 Å². The second-order valence-electron chi connectivity index (χ2n) is 4.77. The molecule has 0 heterocycles. The first kappa shape index (κ1) is 17.9. The largest absolute Gasteiger partial charge is 0.494 e. The van der Waals surface area contributed by atoms with Gasteiger partial charge in [-0.2, -0.15) is 0 Å². The van der Waals surface area contributed by atoms with Gasteiger partial charge in [-0.25, -0.2) is 4.39 Å². The summed E-state index contributed by atoms with van der Waals surface area (Å²) in [7, 11) is 1.37. The van der Waals surface area contributed by atoms with Gasteiger partial charge < -0.3 is 15.0 Å². The van der Waals surface area contributed by atoms with E-state index in [1.54, 1.807) is 4.90 Å². The van der Waals surface area contributed by atoms with E-state index in [0.29, 0.717) is 32.5 Å². The number of benzene rings is 1. The Kier molecular flexibility index (Phi) is 7.36. The van der Waals surface area contributed by atoms with Crippen LogP contribution in [0.3, 0.4) is 0 Å². The maximum atomic E-state index is 13.5. The zero-order valence-corrected chi connectivity index (χ0v) is 13.3. The average molecular weight is 310 g/mol. The molecule has 1 aromatic rings. The molecule has 1 rings (SSSR count). The summed E-state index contributed by atoms with van der Waals surface area (Å²) in [5, 5.41) is 2.68. The van der Waals surface area contributed by atoms with Crippen LogP contribution in [0.5, 0.6) is 5.75 Å². The summed E-state index contributed by atoms with van der Waals surface area (Å²) in [6.45, 7) is 5.61. The number of amides is 2. The summed E-state index contributed by atoms with van der Waals surface area (Å²) in [5.41, 5.74) is 0.230. The SMILES string of the molecule is CCN(CC)C(=O)CCCNC(=O)c1ccc(OC)c(F)c1. The Hall–Kier alpha value is -2.11. The number of rotatable bonds is 8.